The molecule has 2 N–H and O–H groups in total. The van der Waals surface area contributed by atoms with Crippen molar-refractivity contribution in [2.24, 2.45) is 5.92 Å². The summed E-state index contributed by atoms with van der Waals surface area (Å²) in [7, 11) is 0. The van der Waals surface area contributed by atoms with E-state index >= 15 is 0 Å². The Labute approximate surface area is 95.3 Å². The van der Waals surface area contributed by atoms with Gasteiger partial charge in [-0.05, 0) is 37.9 Å². The molecule has 15 heavy (non-hydrogen) atoms. The molecule has 2 nitrogen and oxygen atoms in total. The number of hydrogen-bond donors (Lipinski definition) is 2. The van der Waals surface area contributed by atoms with E-state index in [1.54, 1.807) is 11.3 Å². The predicted molar refractivity (Wildman–Crippen MR) is 64.3 cm³/mol. The second-order valence-corrected chi connectivity index (χ2v) is 5.41. The molecule has 0 aromatic carbocycles. The molecule has 0 saturated carbocycles. The third kappa shape index (κ3) is 2.60. The maximum absolute atomic E-state index is 10.2. The van der Waals surface area contributed by atoms with Gasteiger partial charge in [-0.1, -0.05) is 6.92 Å². The van der Waals surface area contributed by atoms with Crippen molar-refractivity contribution >= 4 is 11.3 Å². The molecule has 2 atom stereocenters. The van der Waals surface area contributed by atoms with Crippen LogP contribution in [0.1, 0.15) is 35.6 Å². The van der Waals surface area contributed by atoms with E-state index < -0.39 is 0 Å². The van der Waals surface area contributed by atoms with Gasteiger partial charge in [0.05, 0.1) is 6.10 Å². The lowest BCUT2D eigenvalue weighted by Gasteiger charge is -2.26. The third-order valence-corrected chi connectivity index (χ3v) is 4.40. The molecule has 1 fully saturated rings. The molecule has 0 radical (unpaired) electrons. The van der Waals surface area contributed by atoms with Gasteiger partial charge in [0.2, 0.25) is 0 Å². The van der Waals surface area contributed by atoms with Gasteiger partial charge < -0.3 is 10.4 Å². The van der Waals surface area contributed by atoms with Gasteiger partial charge in [0, 0.05) is 22.2 Å². The van der Waals surface area contributed by atoms with Crippen molar-refractivity contribution < 1.29 is 5.11 Å². The lowest BCUT2D eigenvalue weighted by atomic mass is 9.93. The Morgan fingerprint density at radius 3 is 3.07 bits per heavy atom. The van der Waals surface area contributed by atoms with Crippen molar-refractivity contribution in [2.45, 2.75) is 32.3 Å². The second-order valence-electron chi connectivity index (χ2n) is 4.21. The Bertz CT molecular complexity index is 304. The molecule has 0 bridgehead atoms. The number of aryl methyl sites for hydroxylation is 1. The number of nitrogens with one attached hydrogen (secondary N) is 1. The van der Waals surface area contributed by atoms with Crippen molar-refractivity contribution in [2.75, 3.05) is 13.1 Å². The fourth-order valence-corrected chi connectivity index (χ4v) is 3.16. The van der Waals surface area contributed by atoms with Crippen LogP contribution in [0.2, 0.25) is 0 Å². The molecular weight excluding hydrogens is 206 g/mol. The van der Waals surface area contributed by atoms with Crippen LogP contribution in [0.4, 0.5) is 0 Å². The van der Waals surface area contributed by atoms with Gasteiger partial charge in [0.25, 0.3) is 0 Å². The fourth-order valence-electron chi connectivity index (χ4n) is 2.12. The van der Waals surface area contributed by atoms with Crippen LogP contribution in [-0.2, 0) is 6.42 Å². The van der Waals surface area contributed by atoms with Crippen molar-refractivity contribution in [3.05, 3.63) is 21.9 Å². The van der Waals surface area contributed by atoms with Gasteiger partial charge in [-0.3, -0.25) is 0 Å². The number of hydrogen-bond acceptors (Lipinski definition) is 3. The summed E-state index contributed by atoms with van der Waals surface area (Å²) in [5, 5.41) is 13.6. The molecule has 2 rings (SSSR count). The fraction of sp³-hybridized carbons (Fsp3) is 0.667. The number of thiophene rings is 1. The minimum atomic E-state index is -0.261. The second kappa shape index (κ2) is 5.10. The molecule has 0 aliphatic carbocycles. The molecule has 1 aromatic heterocycles. The number of piperidine rings is 1. The highest BCUT2D eigenvalue weighted by atomic mass is 32.1. The SMILES string of the molecule is CCc1ccc(C(O)C2CCCNC2)s1. The zero-order chi connectivity index (χ0) is 10.7. The van der Waals surface area contributed by atoms with Gasteiger partial charge in [-0.25, -0.2) is 0 Å². The zero-order valence-electron chi connectivity index (χ0n) is 9.20. The Kier molecular flexibility index (Phi) is 3.78. The molecule has 0 spiro atoms. The lowest BCUT2D eigenvalue weighted by Crippen LogP contribution is -2.33. The first-order chi connectivity index (χ1) is 7.31. The predicted octanol–water partition coefficient (Wildman–Crippen LogP) is 2.34. The normalized spacial score (nSPS) is 24.0. The molecule has 84 valence electrons. The van der Waals surface area contributed by atoms with Crippen molar-refractivity contribution in [3.8, 4) is 0 Å². The summed E-state index contributed by atoms with van der Waals surface area (Å²) >= 11 is 1.76. The van der Waals surface area contributed by atoms with E-state index in [0.717, 1.165) is 30.8 Å². The molecule has 1 aliphatic rings. The van der Waals surface area contributed by atoms with Gasteiger partial charge in [0.1, 0.15) is 0 Å². The van der Waals surface area contributed by atoms with E-state index in [4.69, 9.17) is 0 Å². The zero-order valence-corrected chi connectivity index (χ0v) is 10.0. The summed E-state index contributed by atoms with van der Waals surface area (Å²) in [4.78, 5) is 2.51. The highest BCUT2D eigenvalue weighted by Gasteiger charge is 2.23. The van der Waals surface area contributed by atoms with Crippen LogP contribution in [-0.4, -0.2) is 18.2 Å². The smallest absolute Gasteiger partial charge is 0.0922 e. The van der Waals surface area contributed by atoms with Crippen molar-refractivity contribution in [1.29, 1.82) is 0 Å². The number of aliphatic hydroxyl groups excluding tert-OH is 1. The third-order valence-electron chi connectivity index (χ3n) is 3.10. The molecular formula is C12H19NOS. The monoisotopic (exact) mass is 225 g/mol. The first-order valence-corrected chi connectivity index (χ1v) is 6.60. The lowest BCUT2D eigenvalue weighted by molar-refractivity contribution is 0.0953. The summed E-state index contributed by atoms with van der Waals surface area (Å²) in [5.74, 6) is 0.405. The molecule has 2 unspecified atom stereocenters. The van der Waals surface area contributed by atoms with Gasteiger partial charge >= 0.3 is 0 Å². The van der Waals surface area contributed by atoms with Crippen LogP contribution in [0, 0.1) is 5.92 Å². The largest absolute Gasteiger partial charge is 0.387 e. The molecule has 1 aromatic rings. The molecule has 1 saturated heterocycles. The topological polar surface area (TPSA) is 32.3 Å². The molecule has 2 heterocycles. The Morgan fingerprint density at radius 1 is 1.60 bits per heavy atom. The summed E-state index contributed by atoms with van der Waals surface area (Å²) in [6.45, 7) is 4.22. The number of aliphatic hydroxyl groups is 1. The van der Waals surface area contributed by atoms with Crippen molar-refractivity contribution in [3.63, 3.8) is 0 Å². The minimum Gasteiger partial charge on any atom is -0.387 e. The number of rotatable bonds is 3. The minimum absolute atomic E-state index is 0.261. The first kappa shape index (κ1) is 11.1. The van der Waals surface area contributed by atoms with E-state index in [2.05, 4.69) is 24.4 Å². The average molecular weight is 225 g/mol. The van der Waals surface area contributed by atoms with Gasteiger partial charge in [-0.15, -0.1) is 11.3 Å². The van der Waals surface area contributed by atoms with Crippen LogP contribution >= 0.6 is 11.3 Å². The molecule has 3 heteroatoms. The van der Waals surface area contributed by atoms with E-state index in [1.807, 2.05) is 0 Å². The van der Waals surface area contributed by atoms with Crippen LogP contribution < -0.4 is 5.32 Å². The molecule has 1 aliphatic heterocycles. The summed E-state index contributed by atoms with van der Waals surface area (Å²) in [5.41, 5.74) is 0. The average Bonchev–Trinajstić information content (AvgIpc) is 2.78. The van der Waals surface area contributed by atoms with E-state index in [-0.39, 0.29) is 6.10 Å². The van der Waals surface area contributed by atoms with E-state index in [9.17, 15) is 5.11 Å². The summed E-state index contributed by atoms with van der Waals surface area (Å²) < 4.78 is 0. The molecule has 0 amide bonds. The Morgan fingerprint density at radius 2 is 2.47 bits per heavy atom. The highest BCUT2D eigenvalue weighted by molar-refractivity contribution is 7.12. The first-order valence-electron chi connectivity index (χ1n) is 5.78. The quantitative estimate of drug-likeness (QED) is 0.827. The van der Waals surface area contributed by atoms with Gasteiger partial charge in [0.15, 0.2) is 0 Å². The van der Waals surface area contributed by atoms with Crippen LogP contribution in [0.25, 0.3) is 0 Å². The van der Waals surface area contributed by atoms with Crippen LogP contribution in [0.15, 0.2) is 12.1 Å². The maximum atomic E-state index is 10.2. The summed E-state index contributed by atoms with van der Waals surface area (Å²) in [6, 6.07) is 4.22. The van der Waals surface area contributed by atoms with Crippen LogP contribution in [0.3, 0.4) is 0 Å². The highest BCUT2D eigenvalue weighted by Crippen LogP contribution is 2.31. The Hall–Kier alpha value is -0.380. The maximum Gasteiger partial charge on any atom is 0.0922 e. The van der Waals surface area contributed by atoms with Gasteiger partial charge in [-0.2, -0.15) is 0 Å². The summed E-state index contributed by atoms with van der Waals surface area (Å²) in [6.07, 6.45) is 3.14. The van der Waals surface area contributed by atoms with E-state index in [1.165, 1.54) is 11.3 Å². The van der Waals surface area contributed by atoms with Crippen LogP contribution in [0.5, 0.6) is 0 Å². The van der Waals surface area contributed by atoms with E-state index in [0.29, 0.717) is 5.92 Å². The van der Waals surface area contributed by atoms with Crippen molar-refractivity contribution in [1.82, 2.24) is 5.32 Å². The Balaban J connectivity index is 2.02. The standard InChI is InChI=1S/C12H19NOS/c1-2-10-5-6-11(15-10)12(14)9-4-3-7-13-8-9/h5-6,9,12-14H,2-4,7-8H2,1H3.